The van der Waals surface area contributed by atoms with Crippen LogP contribution in [0.2, 0.25) is 0 Å². The molecule has 1 saturated carbocycles. The van der Waals surface area contributed by atoms with Crippen molar-refractivity contribution in [3.05, 3.63) is 36.5 Å². The average Bonchev–Trinajstić information content (AvgIpc) is 3.13. The first-order valence-corrected chi connectivity index (χ1v) is 7.19. The van der Waals surface area contributed by atoms with Crippen molar-refractivity contribution in [3.8, 4) is 11.3 Å². The van der Waals surface area contributed by atoms with E-state index in [-0.39, 0.29) is 0 Å². The average molecular weight is 255 g/mol. The van der Waals surface area contributed by atoms with Crippen LogP contribution in [0, 0.1) is 5.92 Å². The molecule has 1 aromatic heterocycles. The van der Waals surface area contributed by atoms with Crippen LogP contribution >= 0.6 is 0 Å². The zero-order valence-electron chi connectivity index (χ0n) is 11.4. The Morgan fingerprint density at radius 3 is 2.53 bits per heavy atom. The van der Waals surface area contributed by atoms with E-state index in [0.717, 1.165) is 11.6 Å². The Morgan fingerprint density at radius 1 is 1.16 bits per heavy atom. The number of aromatic amines is 1. The standard InChI is InChI=1S/C16H21N3/c1-12(13-4-2-3-5-13)18-15-8-6-14(7-9-15)16-10-11-17-19-16/h6-13,18H,2-5H2,1H3,(H,17,19). The van der Waals surface area contributed by atoms with Gasteiger partial charge < -0.3 is 5.32 Å². The van der Waals surface area contributed by atoms with Gasteiger partial charge in [-0.2, -0.15) is 5.10 Å². The summed E-state index contributed by atoms with van der Waals surface area (Å²) in [6, 6.07) is 11.1. The fourth-order valence-electron chi connectivity index (χ4n) is 3.00. The monoisotopic (exact) mass is 255 g/mol. The number of benzene rings is 1. The second-order valence-corrected chi connectivity index (χ2v) is 5.53. The fourth-order valence-corrected chi connectivity index (χ4v) is 3.00. The lowest BCUT2D eigenvalue weighted by molar-refractivity contribution is 0.482. The molecular formula is C16H21N3. The predicted octanol–water partition coefficient (Wildman–Crippen LogP) is 4.07. The predicted molar refractivity (Wildman–Crippen MR) is 79.1 cm³/mol. The molecule has 100 valence electrons. The highest BCUT2D eigenvalue weighted by Gasteiger charge is 2.21. The third-order valence-electron chi connectivity index (χ3n) is 4.20. The van der Waals surface area contributed by atoms with Gasteiger partial charge in [0.1, 0.15) is 0 Å². The number of hydrogen-bond donors (Lipinski definition) is 2. The Morgan fingerprint density at radius 2 is 1.89 bits per heavy atom. The Hall–Kier alpha value is -1.77. The van der Waals surface area contributed by atoms with Gasteiger partial charge in [-0.3, -0.25) is 5.10 Å². The molecule has 1 fully saturated rings. The summed E-state index contributed by atoms with van der Waals surface area (Å²) in [4.78, 5) is 0. The number of anilines is 1. The van der Waals surface area contributed by atoms with E-state index >= 15 is 0 Å². The third-order valence-corrected chi connectivity index (χ3v) is 4.20. The maximum atomic E-state index is 3.98. The largest absolute Gasteiger partial charge is 0.382 e. The summed E-state index contributed by atoms with van der Waals surface area (Å²) < 4.78 is 0. The van der Waals surface area contributed by atoms with E-state index in [1.54, 1.807) is 6.20 Å². The molecule has 2 aromatic rings. The van der Waals surface area contributed by atoms with Crippen molar-refractivity contribution in [1.29, 1.82) is 0 Å². The molecule has 3 heteroatoms. The molecule has 1 aliphatic carbocycles. The van der Waals surface area contributed by atoms with Gasteiger partial charge in [0.05, 0.1) is 5.69 Å². The van der Waals surface area contributed by atoms with Gasteiger partial charge in [0, 0.05) is 17.9 Å². The molecule has 1 aromatic carbocycles. The van der Waals surface area contributed by atoms with Crippen molar-refractivity contribution in [1.82, 2.24) is 10.2 Å². The molecule has 0 amide bonds. The number of H-pyrrole nitrogens is 1. The molecule has 1 aliphatic rings. The molecule has 1 atom stereocenters. The molecule has 3 nitrogen and oxygen atoms in total. The first-order valence-electron chi connectivity index (χ1n) is 7.19. The van der Waals surface area contributed by atoms with Gasteiger partial charge in [-0.25, -0.2) is 0 Å². The topological polar surface area (TPSA) is 40.7 Å². The highest BCUT2D eigenvalue weighted by molar-refractivity contribution is 5.62. The van der Waals surface area contributed by atoms with Gasteiger partial charge >= 0.3 is 0 Å². The summed E-state index contributed by atoms with van der Waals surface area (Å²) >= 11 is 0. The van der Waals surface area contributed by atoms with Crippen LogP contribution in [0.25, 0.3) is 11.3 Å². The minimum absolute atomic E-state index is 0.570. The molecule has 0 bridgehead atoms. The van der Waals surface area contributed by atoms with Crippen LogP contribution in [-0.2, 0) is 0 Å². The molecule has 1 unspecified atom stereocenters. The minimum atomic E-state index is 0.570. The number of nitrogens with one attached hydrogen (secondary N) is 2. The van der Waals surface area contributed by atoms with Gasteiger partial charge in [-0.1, -0.05) is 25.0 Å². The van der Waals surface area contributed by atoms with Gasteiger partial charge in [-0.05, 0) is 49.4 Å². The number of hydrogen-bond acceptors (Lipinski definition) is 2. The van der Waals surface area contributed by atoms with Crippen LogP contribution in [-0.4, -0.2) is 16.2 Å². The summed E-state index contributed by atoms with van der Waals surface area (Å²) in [7, 11) is 0. The minimum Gasteiger partial charge on any atom is -0.382 e. The molecule has 19 heavy (non-hydrogen) atoms. The lowest BCUT2D eigenvalue weighted by atomic mass is 9.99. The number of aromatic nitrogens is 2. The smallest absolute Gasteiger partial charge is 0.0650 e. The molecule has 1 heterocycles. The highest BCUT2D eigenvalue weighted by Crippen LogP contribution is 2.29. The zero-order valence-corrected chi connectivity index (χ0v) is 11.4. The summed E-state index contributed by atoms with van der Waals surface area (Å²) in [5, 5.41) is 10.6. The van der Waals surface area contributed by atoms with Crippen molar-refractivity contribution in [2.24, 2.45) is 5.92 Å². The first-order chi connectivity index (χ1) is 9.33. The first kappa shape index (κ1) is 12.3. The second-order valence-electron chi connectivity index (χ2n) is 5.53. The van der Waals surface area contributed by atoms with E-state index in [9.17, 15) is 0 Å². The van der Waals surface area contributed by atoms with Gasteiger partial charge in [0.15, 0.2) is 0 Å². The number of nitrogens with zero attached hydrogens (tertiary/aromatic N) is 1. The Bertz CT molecular complexity index is 495. The van der Waals surface area contributed by atoms with Crippen LogP contribution < -0.4 is 5.32 Å². The summed E-state index contributed by atoms with van der Waals surface area (Å²) in [6.07, 6.45) is 7.33. The molecule has 0 radical (unpaired) electrons. The Labute approximate surface area is 114 Å². The zero-order chi connectivity index (χ0) is 13.1. The maximum absolute atomic E-state index is 3.98. The highest BCUT2D eigenvalue weighted by atomic mass is 15.1. The quantitative estimate of drug-likeness (QED) is 0.864. The van der Waals surface area contributed by atoms with Crippen molar-refractivity contribution in [3.63, 3.8) is 0 Å². The Balaban J connectivity index is 1.65. The molecule has 2 N–H and O–H groups in total. The normalized spacial score (nSPS) is 17.5. The van der Waals surface area contributed by atoms with Crippen molar-refractivity contribution in [2.45, 2.75) is 38.6 Å². The van der Waals surface area contributed by atoms with E-state index in [1.165, 1.54) is 36.9 Å². The SMILES string of the molecule is CC(Nc1ccc(-c2ccn[nH]2)cc1)C1CCCC1. The third kappa shape index (κ3) is 2.80. The van der Waals surface area contributed by atoms with Crippen LogP contribution in [0.4, 0.5) is 5.69 Å². The van der Waals surface area contributed by atoms with Crippen LogP contribution in [0.15, 0.2) is 36.5 Å². The van der Waals surface area contributed by atoms with Crippen LogP contribution in [0.5, 0.6) is 0 Å². The lowest BCUT2D eigenvalue weighted by Crippen LogP contribution is -2.23. The van der Waals surface area contributed by atoms with Crippen molar-refractivity contribution >= 4 is 5.69 Å². The van der Waals surface area contributed by atoms with Crippen molar-refractivity contribution in [2.75, 3.05) is 5.32 Å². The lowest BCUT2D eigenvalue weighted by Gasteiger charge is -2.21. The molecule has 3 rings (SSSR count). The summed E-state index contributed by atoms with van der Waals surface area (Å²) in [5.74, 6) is 0.840. The molecule has 0 saturated heterocycles. The van der Waals surface area contributed by atoms with Gasteiger partial charge in [0.2, 0.25) is 0 Å². The summed E-state index contributed by atoms with van der Waals surface area (Å²) in [6.45, 7) is 2.30. The van der Waals surface area contributed by atoms with Crippen LogP contribution in [0.3, 0.4) is 0 Å². The molecule has 0 aliphatic heterocycles. The second kappa shape index (κ2) is 5.47. The maximum Gasteiger partial charge on any atom is 0.0650 e. The van der Waals surface area contributed by atoms with Crippen LogP contribution in [0.1, 0.15) is 32.6 Å². The van der Waals surface area contributed by atoms with E-state index in [4.69, 9.17) is 0 Å². The fraction of sp³-hybridized carbons (Fsp3) is 0.438. The van der Waals surface area contributed by atoms with Crippen molar-refractivity contribution < 1.29 is 0 Å². The van der Waals surface area contributed by atoms with Gasteiger partial charge in [-0.15, -0.1) is 0 Å². The van der Waals surface area contributed by atoms with E-state index < -0.39 is 0 Å². The Kier molecular flexibility index (Phi) is 3.53. The molecule has 0 spiro atoms. The van der Waals surface area contributed by atoms with E-state index in [2.05, 4.69) is 46.7 Å². The number of rotatable bonds is 4. The summed E-state index contributed by atoms with van der Waals surface area (Å²) in [5.41, 5.74) is 3.45. The molecular weight excluding hydrogens is 234 g/mol. The van der Waals surface area contributed by atoms with E-state index in [1.807, 2.05) is 6.07 Å². The van der Waals surface area contributed by atoms with E-state index in [0.29, 0.717) is 6.04 Å². The van der Waals surface area contributed by atoms with Gasteiger partial charge in [0.25, 0.3) is 0 Å².